The highest BCUT2D eigenvalue weighted by atomic mass is 16.7. The van der Waals surface area contributed by atoms with Gasteiger partial charge in [0.25, 0.3) is 0 Å². The zero-order valence-electron chi connectivity index (χ0n) is 11.9. The summed E-state index contributed by atoms with van der Waals surface area (Å²) >= 11 is 0. The molecule has 0 amide bonds. The maximum Gasteiger partial charge on any atom is 0.175 e. The van der Waals surface area contributed by atoms with E-state index in [1.54, 1.807) is 0 Å². The number of hydrogen-bond acceptors (Lipinski definition) is 3. The van der Waals surface area contributed by atoms with Crippen molar-refractivity contribution in [1.82, 2.24) is 4.90 Å². The monoisotopic (exact) mass is 261 g/mol. The van der Waals surface area contributed by atoms with Crippen LogP contribution in [-0.4, -0.2) is 37.0 Å². The van der Waals surface area contributed by atoms with Gasteiger partial charge in [-0.25, -0.2) is 0 Å². The molecule has 0 bridgehead atoms. The quantitative estimate of drug-likeness (QED) is 0.817. The Bertz CT molecular complexity index is 424. The fourth-order valence-electron chi connectivity index (χ4n) is 3.37. The van der Waals surface area contributed by atoms with E-state index in [1.807, 2.05) is 0 Å². The van der Waals surface area contributed by atoms with Crippen LogP contribution in [0.5, 0.6) is 0 Å². The summed E-state index contributed by atoms with van der Waals surface area (Å²) < 4.78 is 11.9. The SMILES string of the molecule is CC1(C)CN(Cc2ccccc2)CCC12OCCO2. The van der Waals surface area contributed by atoms with Crippen molar-refractivity contribution in [1.29, 1.82) is 0 Å². The third kappa shape index (κ3) is 2.42. The Labute approximate surface area is 115 Å². The summed E-state index contributed by atoms with van der Waals surface area (Å²) in [5, 5.41) is 0. The second kappa shape index (κ2) is 4.89. The Morgan fingerprint density at radius 3 is 2.42 bits per heavy atom. The first-order chi connectivity index (χ1) is 9.11. The molecule has 3 heteroatoms. The molecular formula is C16H23NO2. The summed E-state index contributed by atoms with van der Waals surface area (Å²) in [5.74, 6) is -0.347. The third-order valence-electron chi connectivity index (χ3n) is 4.41. The molecule has 0 radical (unpaired) electrons. The first-order valence-corrected chi connectivity index (χ1v) is 7.16. The molecule has 1 aromatic rings. The van der Waals surface area contributed by atoms with Gasteiger partial charge in [0.15, 0.2) is 5.79 Å². The van der Waals surface area contributed by atoms with Crippen LogP contribution >= 0.6 is 0 Å². The van der Waals surface area contributed by atoms with Gasteiger partial charge in [-0.05, 0) is 5.56 Å². The molecule has 104 valence electrons. The van der Waals surface area contributed by atoms with Gasteiger partial charge < -0.3 is 9.47 Å². The molecule has 2 aliphatic rings. The Hall–Kier alpha value is -0.900. The number of benzene rings is 1. The lowest BCUT2D eigenvalue weighted by Crippen LogP contribution is -2.57. The molecule has 0 aromatic heterocycles. The second-order valence-corrected chi connectivity index (χ2v) is 6.28. The van der Waals surface area contributed by atoms with Gasteiger partial charge in [0.2, 0.25) is 0 Å². The van der Waals surface area contributed by atoms with Crippen molar-refractivity contribution in [3.8, 4) is 0 Å². The predicted octanol–water partition coefficient (Wildman–Crippen LogP) is 2.66. The van der Waals surface area contributed by atoms with Gasteiger partial charge in [-0.3, -0.25) is 4.90 Å². The molecular weight excluding hydrogens is 238 g/mol. The van der Waals surface area contributed by atoms with Crippen molar-refractivity contribution in [2.75, 3.05) is 26.3 Å². The van der Waals surface area contributed by atoms with Crippen LogP contribution < -0.4 is 0 Å². The van der Waals surface area contributed by atoms with Crippen LogP contribution in [0.4, 0.5) is 0 Å². The summed E-state index contributed by atoms with van der Waals surface area (Å²) in [4.78, 5) is 2.51. The van der Waals surface area contributed by atoms with E-state index in [1.165, 1.54) is 5.56 Å². The van der Waals surface area contributed by atoms with Crippen molar-refractivity contribution in [2.45, 2.75) is 32.6 Å². The second-order valence-electron chi connectivity index (χ2n) is 6.28. The van der Waals surface area contributed by atoms with Gasteiger partial charge in [-0.1, -0.05) is 44.2 Å². The van der Waals surface area contributed by atoms with Crippen molar-refractivity contribution in [3.63, 3.8) is 0 Å². The molecule has 0 N–H and O–H groups in total. The van der Waals surface area contributed by atoms with E-state index >= 15 is 0 Å². The van der Waals surface area contributed by atoms with Crippen LogP contribution in [-0.2, 0) is 16.0 Å². The summed E-state index contributed by atoms with van der Waals surface area (Å²) in [6.07, 6.45) is 0.965. The van der Waals surface area contributed by atoms with Crippen LogP contribution in [0.15, 0.2) is 30.3 Å². The summed E-state index contributed by atoms with van der Waals surface area (Å²) in [6, 6.07) is 10.7. The lowest BCUT2D eigenvalue weighted by molar-refractivity contribution is -0.254. The van der Waals surface area contributed by atoms with Crippen molar-refractivity contribution < 1.29 is 9.47 Å². The van der Waals surface area contributed by atoms with Gasteiger partial charge in [0.1, 0.15) is 0 Å². The van der Waals surface area contributed by atoms with Crippen LogP contribution in [0.25, 0.3) is 0 Å². The standard InChI is InChI=1S/C16H23NO2/c1-15(2)13-17(12-14-6-4-3-5-7-14)9-8-16(15)18-10-11-19-16/h3-7H,8-13H2,1-2H3. The minimum atomic E-state index is -0.347. The molecule has 2 heterocycles. The molecule has 3 rings (SSSR count). The van der Waals surface area contributed by atoms with E-state index in [2.05, 4.69) is 49.1 Å². The maximum atomic E-state index is 5.95. The molecule has 2 fully saturated rings. The van der Waals surface area contributed by atoms with E-state index < -0.39 is 0 Å². The van der Waals surface area contributed by atoms with Crippen molar-refractivity contribution >= 4 is 0 Å². The fourth-order valence-corrected chi connectivity index (χ4v) is 3.37. The van der Waals surface area contributed by atoms with Crippen LogP contribution in [0.1, 0.15) is 25.8 Å². The first-order valence-electron chi connectivity index (χ1n) is 7.16. The van der Waals surface area contributed by atoms with E-state index in [-0.39, 0.29) is 11.2 Å². The Morgan fingerprint density at radius 2 is 1.79 bits per heavy atom. The first kappa shape index (κ1) is 13.1. The number of likely N-dealkylation sites (tertiary alicyclic amines) is 1. The number of nitrogens with zero attached hydrogens (tertiary/aromatic N) is 1. The minimum absolute atomic E-state index is 0.0382. The van der Waals surface area contributed by atoms with E-state index in [9.17, 15) is 0 Å². The van der Waals surface area contributed by atoms with E-state index in [0.29, 0.717) is 0 Å². The molecule has 0 atom stereocenters. The molecule has 1 spiro atoms. The molecule has 0 unspecified atom stereocenters. The number of rotatable bonds is 2. The molecule has 2 aliphatic heterocycles. The largest absolute Gasteiger partial charge is 0.347 e. The fraction of sp³-hybridized carbons (Fsp3) is 0.625. The van der Waals surface area contributed by atoms with Crippen molar-refractivity contribution in [3.05, 3.63) is 35.9 Å². The Morgan fingerprint density at radius 1 is 1.11 bits per heavy atom. The van der Waals surface area contributed by atoms with Gasteiger partial charge in [0, 0.05) is 31.5 Å². The molecule has 0 aliphatic carbocycles. The molecule has 3 nitrogen and oxygen atoms in total. The van der Waals surface area contributed by atoms with E-state index in [0.717, 1.165) is 39.3 Å². The van der Waals surface area contributed by atoms with Crippen LogP contribution in [0.3, 0.4) is 0 Å². The van der Waals surface area contributed by atoms with Gasteiger partial charge in [-0.2, -0.15) is 0 Å². The van der Waals surface area contributed by atoms with Gasteiger partial charge >= 0.3 is 0 Å². The minimum Gasteiger partial charge on any atom is -0.347 e. The Balaban J connectivity index is 1.69. The zero-order valence-corrected chi connectivity index (χ0v) is 11.9. The molecule has 19 heavy (non-hydrogen) atoms. The van der Waals surface area contributed by atoms with Gasteiger partial charge in [-0.15, -0.1) is 0 Å². The lowest BCUT2D eigenvalue weighted by atomic mass is 9.77. The molecule has 2 saturated heterocycles. The number of ether oxygens (including phenoxy) is 2. The average molecular weight is 261 g/mol. The smallest absolute Gasteiger partial charge is 0.175 e. The summed E-state index contributed by atoms with van der Waals surface area (Å²) in [6.45, 7) is 9.07. The normalized spacial score (nSPS) is 25.8. The van der Waals surface area contributed by atoms with Crippen molar-refractivity contribution in [2.24, 2.45) is 5.41 Å². The van der Waals surface area contributed by atoms with Crippen LogP contribution in [0.2, 0.25) is 0 Å². The average Bonchev–Trinajstić information content (AvgIpc) is 2.86. The van der Waals surface area contributed by atoms with Gasteiger partial charge in [0.05, 0.1) is 13.2 Å². The predicted molar refractivity (Wildman–Crippen MR) is 74.8 cm³/mol. The highest BCUT2D eigenvalue weighted by Crippen LogP contribution is 2.44. The van der Waals surface area contributed by atoms with Crippen LogP contribution in [0, 0.1) is 5.41 Å². The Kier molecular flexibility index (Phi) is 3.37. The third-order valence-corrected chi connectivity index (χ3v) is 4.41. The summed E-state index contributed by atoms with van der Waals surface area (Å²) in [7, 11) is 0. The number of piperidine rings is 1. The van der Waals surface area contributed by atoms with E-state index in [4.69, 9.17) is 9.47 Å². The highest BCUT2D eigenvalue weighted by molar-refractivity contribution is 5.15. The highest BCUT2D eigenvalue weighted by Gasteiger charge is 2.53. The summed E-state index contributed by atoms with van der Waals surface area (Å²) in [5.41, 5.74) is 1.42. The zero-order chi connectivity index (χ0) is 13.3. The maximum absolute atomic E-state index is 5.95. The molecule has 1 aromatic carbocycles. The lowest BCUT2D eigenvalue weighted by Gasteiger charge is -2.49. The topological polar surface area (TPSA) is 21.7 Å². The number of hydrogen-bond donors (Lipinski definition) is 0. The molecule has 0 saturated carbocycles.